The molecule has 3 atom stereocenters. The Morgan fingerprint density at radius 2 is 1.95 bits per heavy atom. The Hall–Kier alpha value is -2.04. The lowest BCUT2D eigenvalue weighted by atomic mass is 9.87. The summed E-state index contributed by atoms with van der Waals surface area (Å²) in [6.45, 7) is 2.18. The van der Waals surface area contributed by atoms with Gasteiger partial charge in [0.25, 0.3) is 0 Å². The first-order valence-electron chi connectivity index (χ1n) is 7.41. The van der Waals surface area contributed by atoms with E-state index in [2.05, 4.69) is 17.6 Å². The molecule has 1 aliphatic rings. The third kappa shape index (κ3) is 4.48. The number of carbonyl (C=O) groups is 2. The SMILES string of the molecule is CC1CCCC(NC(=O)N[C@H](C(=O)O)c2ccccc2)C1. The minimum Gasteiger partial charge on any atom is -0.479 e. The van der Waals surface area contributed by atoms with Gasteiger partial charge in [-0.15, -0.1) is 0 Å². The fraction of sp³-hybridized carbons (Fsp3) is 0.500. The molecule has 2 amide bonds. The van der Waals surface area contributed by atoms with Crippen LogP contribution in [-0.2, 0) is 4.79 Å². The summed E-state index contributed by atoms with van der Waals surface area (Å²) in [5.74, 6) is -0.457. The van der Waals surface area contributed by atoms with Gasteiger partial charge < -0.3 is 15.7 Å². The van der Waals surface area contributed by atoms with Crippen LogP contribution in [0.1, 0.15) is 44.2 Å². The van der Waals surface area contributed by atoms with E-state index in [1.807, 2.05) is 6.07 Å². The first-order valence-corrected chi connectivity index (χ1v) is 7.41. The number of benzene rings is 1. The van der Waals surface area contributed by atoms with Crippen molar-refractivity contribution in [1.82, 2.24) is 10.6 Å². The number of hydrogen-bond acceptors (Lipinski definition) is 2. The van der Waals surface area contributed by atoms with E-state index in [1.165, 1.54) is 6.42 Å². The van der Waals surface area contributed by atoms with Gasteiger partial charge in [-0.2, -0.15) is 0 Å². The average Bonchev–Trinajstić information content (AvgIpc) is 2.45. The lowest BCUT2D eigenvalue weighted by Gasteiger charge is -2.28. The normalized spacial score (nSPS) is 23.1. The van der Waals surface area contributed by atoms with Gasteiger partial charge in [0.2, 0.25) is 0 Å². The number of aliphatic carboxylic acids is 1. The average molecular weight is 290 g/mol. The van der Waals surface area contributed by atoms with Crippen LogP contribution in [0.2, 0.25) is 0 Å². The van der Waals surface area contributed by atoms with Crippen LogP contribution in [0.15, 0.2) is 30.3 Å². The molecule has 0 aliphatic heterocycles. The first-order chi connectivity index (χ1) is 10.1. The highest BCUT2D eigenvalue weighted by atomic mass is 16.4. The van der Waals surface area contributed by atoms with Gasteiger partial charge in [0.1, 0.15) is 0 Å². The summed E-state index contributed by atoms with van der Waals surface area (Å²) in [5.41, 5.74) is 0.567. The van der Waals surface area contributed by atoms with Crippen molar-refractivity contribution >= 4 is 12.0 Å². The molecule has 3 N–H and O–H groups in total. The van der Waals surface area contributed by atoms with Crippen molar-refractivity contribution in [3.63, 3.8) is 0 Å². The molecule has 0 saturated heterocycles. The Bertz CT molecular complexity index is 490. The highest BCUT2D eigenvalue weighted by Gasteiger charge is 2.24. The molecule has 1 aliphatic carbocycles. The standard InChI is InChI=1S/C16H22N2O3/c1-11-6-5-9-13(10-11)17-16(21)18-14(15(19)20)12-7-3-2-4-8-12/h2-4,7-8,11,13-14H,5-6,9-10H2,1H3,(H,19,20)(H2,17,18,21)/t11?,13?,14-/m0/s1. The van der Waals surface area contributed by atoms with Crippen molar-refractivity contribution in [3.05, 3.63) is 35.9 Å². The second-order valence-electron chi connectivity index (χ2n) is 5.77. The van der Waals surface area contributed by atoms with E-state index in [4.69, 9.17) is 0 Å². The zero-order valence-corrected chi connectivity index (χ0v) is 12.2. The number of urea groups is 1. The van der Waals surface area contributed by atoms with E-state index >= 15 is 0 Å². The van der Waals surface area contributed by atoms with E-state index in [0.29, 0.717) is 11.5 Å². The monoisotopic (exact) mass is 290 g/mol. The van der Waals surface area contributed by atoms with Gasteiger partial charge >= 0.3 is 12.0 Å². The van der Waals surface area contributed by atoms with Crippen LogP contribution in [0.5, 0.6) is 0 Å². The van der Waals surface area contributed by atoms with Crippen LogP contribution < -0.4 is 10.6 Å². The van der Waals surface area contributed by atoms with E-state index in [-0.39, 0.29) is 6.04 Å². The Balaban J connectivity index is 1.94. The van der Waals surface area contributed by atoms with Crippen molar-refractivity contribution in [2.75, 3.05) is 0 Å². The van der Waals surface area contributed by atoms with Crippen molar-refractivity contribution in [1.29, 1.82) is 0 Å². The third-order valence-electron chi connectivity index (χ3n) is 3.93. The fourth-order valence-electron chi connectivity index (χ4n) is 2.86. The Kier molecular flexibility index (Phi) is 5.20. The zero-order valence-electron chi connectivity index (χ0n) is 12.2. The van der Waals surface area contributed by atoms with Gasteiger partial charge in [-0.25, -0.2) is 9.59 Å². The number of carboxylic acid groups (broad SMARTS) is 1. The summed E-state index contributed by atoms with van der Waals surface area (Å²) < 4.78 is 0. The Labute approximate surface area is 124 Å². The molecule has 0 radical (unpaired) electrons. The van der Waals surface area contributed by atoms with Crippen LogP contribution >= 0.6 is 0 Å². The minimum atomic E-state index is -1.06. The Morgan fingerprint density at radius 3 is 2.57 bits per heavy atom. The number of rotatable bonds is 4. The molecular weight excluding hydrogens is 268 g/mol. The summed E-state index contributed by atoms with van der Waals surface area (Å²) in [6.07, 6.45) is 4.21. The highest BCUT2D eigenvalue weighted by molar-refractivity contribution is 5.83. The smallest absolute Gasteiger partial charge is 0.330 e. The lowest BCUT2D eigenvalue weighted by Crippen LogP contribution is -2.46. The molecule has 5 heteroatoms. The number of carbonyl (C=O) groups excluding carboxylic acids is 1. The van der Waals surface area contributed by atoms with Crippen molar-refractivity contribution in [2.24, 2.45) is 5.92 Å². The molecule has 0 spiro atoms. The predicted octanol–water partition coefficient (Wildman–Crippen LogP) is 2.69. The molecular formula is C16H22N2O3. The summed E-state index contributed by atoms with van der Waals surface area (Å²) in [5, 5.41) is 14.7. The van der Waals surface area contributed by atoms with Gasteiger partial charge in [0.05, 0.1) is 0 Å². The van der Waals surface area contributed by atoms with E-state index in [1.54, 1.807) is 24.3 Å². The molecule has 0 bridgehead atoms. The first kappa shape index (κ1) is 15.4. The van der Waals surface area contributed by atoms with Crippen LogP contribution in [0.4, 0.5) is 4.79 Å². The fourth-order valence-corrected chi connectivity index (χ4v) is 2.86. The molecule has 2 unspecified atom stereocenters. The van der Waals surface area contributed by atoms with Crippen LogP contribution in [0.25, 0.3) is 0 Å². The summed E-state index contributed by atoms with van der Waals surface area (Å²) in [7, 11) is 0. The summed E-state index contributed by atoms with van der Waals surface area (Å²) in [4.78, 5) is 23.4. The lowest BCUT2D eigenvalue weighted by molar-refractivity contribution is -0.139. The maximum absolute atomic E-state index is 12.0. The van der Waals surface area contributed by atoms with E-state index in [9.17, 15) is 14.7 Å². The molecule has 1 aromatic rings. The zero-order chi connectivity index (χ0) is 15.2. The van der Waals surface area contributed by atoms with Gasteiger partial charge in [-0.3, -0.25) is 0 Å². The molecule has 0 aromatic heterocycles. The van der Waals surface area contributed by atoms with E-state index < -0.39 is 18.0 Å². The van der Waals surface area contributed by atoms with Crippen molar-refractivity contribution in [2.45, 2.75) is 44.7 Å². The molecule has 21 heavy (non-hydrogen) atoms. The number of nitrogens with one attached hydrogen (secondary N) is 2. The number of amides is 2. The quantitative estimate of drug-likeness (QED) is 0.797. The molecule has 2 rings (SSSR count). The maximum Gasteiger partial charge on any atom is 0.330 e. The number of hydrogen-bond donors (Lipinski definition) is 3. The molecule has 1 saturated carbocycles. The predicted molar refractivity (Wildman–Crippen MR) is 79.9 cm³/mol. The molecule has 1 fully saturated rings. The number of carboxylic acids is 1. The van der Waals surface area contributed by atoms with Gasteiger partial charge in [-0.1, -0.05) is 50.1 Å². The van der Waals surface area contributed by atoms with Gasteiger partial charge in [0, 0.05) is 6.04 Å². The minimum absolute atomic E-state index is 0.138. The second kappa shape index (κ2) is 7.11. The van der Waals surface area contributed by atoms with E-state index in [0.717, 1.165) is 19.3 Å². The van der Waals surface area contributed by atoms with Gasteiger partial charge in [0.15, 0.2) is 6.04 Å². The highest BCUT2D eigenvalue weighted by Crippen LogP contribution is 2.23. The topological polar surface area (TPSA) is 78.4 Å². The van der Waals surface area contributed by atoms with Crippen LogP contribution in [-0.4, -0.2) is 23.1 Å². The largest absolute Gasteiger partial charge is 0.479 e. The van der Waals surface area contributed by atoms with Crippen molar-refractivity contribution < 1.29 is 14.7 Å². The summed E-state index contributed by atoms with van der Waals surface area (Å²) >= 11 is 0. The Morgan fingerprint density at radius 1 is 1.24 bits per heavy atom. The second-order valence-corrected chi connectivity index (χ2v) is 5.77. The summed E-state index contributed by atoms with van der Waals surface area (Å²) in [6, 6.07) is 7.42. The molecule has 114 valence electrons. The van der Waals surface area contributed by atoms with Gasteiger partial charge in [-0.05, 0) is 24.3 Å². The molecule has 5 nitrogen and oxygen atoms in total. The molecule has 1 aromatic carbocycles. The van der Waals surface area contributed by atoms with Crippen LogP contribution in [0, 0.1) is 5.92 Å². The molecule has 0 heterocycles. The van der Waals surface area contributed by atoms with Crippen LogP contribution in [0.3, 0.4) is 0 Å². The third-order valence-corrected chi connectivity index (χ3v) is 3.93. The maximum atomic E-state index is 12.0. The van der Waals surface area contributed by atoms with Crippen molar-refractivity contribution in [3.8, 4) is 0 Å².